The summed E-state index contributed by atoms with van der Waals surface area (Å²) < 4.78 is 5.89. The number of hydrogen-bond donors (Lipinski definition) is 3. The summed E-state index contributed by atoms with van der Waals surface area (Å²) in [5.74, 6) is -0.555. The third kappa shape index (κ3) is 45.9. The number of rotatable bonds is 48. The van der Waals surface area contributed by atoms with Crippen molar-refractivity contribution in [2.45, 2.75) is 283 Å². The molecule has 3 atom stereocenters. The molecule has 3 N–H and O–H groups in total. The Morgan fingerprint density at radius 3 is 1.27 bits per heavy atom. The molecule has 0 saturated carbocycles. The maximum atomic E-state index is 13.2. The summed E-state index contributed by atoms with van der Waals surface area (Å²) >= 11 is 0. The highest BCUT2D eigenvalue weighted by atomic mass is 16.5. The van der Waals surface area contributed by atoms with Gasteiger partial charge in [-0.3, -0.25) is 9.59 Å². The fraction of sp³-hybridized carbons (Fsp3) is 0.789. The Morgan fingerprint density at radius 1 is 0.460 bits per heavy atom. The van der Waals surface area contributed by atoms with Gasteiger partial charge in [0.1, 0.15) is 6.10 Å². The van der Waals surface area contributed by atoms with E-state index in [9.17, 15) is 19.8 Å². The summed E-state index contributed by atoms with van der Waals surface area (Å²) in [5.41, 5.74) is 0. The van der Waals surface area contributed by atoms with Crippen LogP contribution in [-0.4, -0.2) is 46.9 Å². The van der Waals surface area contributed by atoms with Gasteiger partial charge >= 0.3 is 5.97 Å². The van der Waals surface area contributed by atoms with E-state index in [1.165, 1.54) is 135 Å². The minimum absolute atomic E-state index is 0.0442. The van der Waals surface area contributed by atoms with Crippen molar-refractivity contribution in [2.75, 3.05) is 6.61 Å². The number of unbranched alkanes of at least 4 members (excludes halogenated alkanes) is 26. The number of esters is 1. The molecule has 0 aliphatic rings. The first-order valence-electron chi connectivity index (χ1n) is 27.0. The minimum atomic E-state index is -0.802. The molecule has 0 spiro atoms. The van der Waals surface area contributed by atoms with Gasteiger partial charge in [0, 0.05) is 6.42 Å². The van der Waals surface area contributed by atoms with Crippen molar-refractivity contribution in [3.8, 4) is 0 Å². The summed E-state index contributed by atoms with van der Waals surface area (Å²) in [6.45, 7) is 6.42. The van der Waals surface area contributed by atoms with Crippen molar-refractivity contribution in [2.24, 2.45) is 0 Å². The van der Waals surface area contributed by atoms with Crippen LogP contribution in [0.3, 0.4) is 0 Å². The SMILES string of the molecule is CCCCC/C=C\C/C=C\C/C=C\C/C=C\CCCC(=O)OC(CCCCC/C=C\CCCCC)CC(=O)NC(CO)C(O)CCCCCCCCCCCCCCCCCCC. The van der Waals surface area contributed by atoms with Crippen LogP contribution in [0.15, 0.2) is 60.8 Å². The molecular weight excluding hydrogens is 779 g/mol. The molecule has 0 aromatic heterocycles. The predicted octanol–water partition coefficient (Wildman–Crippen LogP) is 16.4. The normalized spacial score (nSPS) is 13.7. The lowest BCUT2D eigenvalue weighted by atomic mass is 10.0. The van der Waals surface area contributed by atoms with Crippen LogP contribution in [-0.2, 0) is 14.3 Å². The minimum Gasteiger partial charge on any atom is -0.462 e. The maximum absolute atomic E-state index is 13.2. The molecule has 0 fully saturated rings. The molecular formula is C57H103NO5. The molecule has 6 nitrogen and oxygen atoms in total. The summed E-state index contributed by atoms with van der Waals surface area (Å²) in [5, 5.41) is 23.8. The summed E-state index contributed by atoms with van der Waals surface area (Å²) in [6.07, 6.45) is 62.9. The number of carbonyl (C=O) groups excluding carboxylic acids is 2. The lowest BCUT2D eigenvalue weighted by molar-refractivity contribution is -0.151. The van der Waals surface area contributed by atoms with Crippen LogP contribution in [0.1, 0.15) is 265 Å². The number of aliphatic hydroxyl groups excluding tert-OH is 2. The molecule has 1 amide bonds. The van der Waals surface area contributed by atoms with Crippen molar-refractivity contribution in [1.82, 2.24) is 5.32 Å². The molecule has 0 radical (unpaired) electrons. The van der Waals surface area contributed by atoms with Gasteiger partial charge in [-0.15, -0.1) is 0 Å². The van der Waals surface area contributed by atoms with E-state index in [2.05, 4.69) is 86.8 Å². The summed E-state index contributed by atoms with van der Waals surface area (Å²) in [7, 11) is 0. The second-order valence-electron chi connectivity index (χ2n) is 18.3. The third-order valence-electron chi connectivity index (χ3n) is 12.1. The van der Waals surface area contributed by atoms with E-state index in [0.29, 0.717) is 25.7 Å². The number of nitrogens with one attached hydrogen (secondary N) is 1. The summed E-state index contributed by atoms with van der Waals surface area (Å²) in [4.78, 5) is 26.1. The van der Waals surface area contributed by atoms with Gasteiger partial charge in [-0.25, -0.2) is 0 Å². The highest BCUT2D eigenvalue weighted by molar-refractivity contribution is 5.77. The molecule has 3 unspecified atom stereocenters. The van der Waals surface area contributed by atoms with E-state index >= 15 is 0 Å². The highest BCUT2D eigenvalue weighted by Crippen LogP contribution is 2.17. The predicted molar refractivity (Wildman–Crippen MR) is 273 cm³/mol. The first-order valence-corrected chi connectivity index (χ1v) is 27.0. The van der Waals surface area contributed by atoms with Crippen LogP contribution < -0.4 is 5.32 Å². The number of ether oxygens (including phenoxy) is 1. The smallest absolute Gasteiger partial charge is 0.306 e. The van der Waals surface area contributed by atoms with Crippen LogP contribution in [0, 0.1) is 0 Å². The van der Waals surface area contributed by atoms with Crippen LogP contribution in [0.4, 0.5) is 0 Å². The van der Waals surface area contributed by atoms with Gasteiger partial charge in [-0.2, -0.15) is 0 Å². The van der Waals surface area contributed by atoms with Crippen molar-refractivity contribution < 1.29 is 24.5 Å². The molecule has 0 heterocycles. The molecule has 0 aliphatic heterocycles. The van der Waals surface area contributed by atoms with E-state index in [1.807, 2.05) is 0 Å². The lowest BCUT2D eigenvalue weighted by Gasteiger charge is -2.24. The van der Waals surface area contributed by atoms with Gasteiger partial charge in [0.15, 0.2) is 0 Å². The number of carbonyl (C=O) groups is 2. The van der Waals surface area contributed by atoms with Crippen LogP contribution in [0.2, 0.25) is 0 Å². The summed E-state index contributed by atoms with van der Waals surface area (Å²) in [6, 6.07) is -0.718. The Bertz CT molecular complexity index is 1130. The van der Waals surface area contributed by atoms with Gasteiger partial charge in [0.2, 0.25) is 5.91 Å². The molecule has 0 aromatic carbocycles. The first-order chi connectivity index (χ1) is 31.0. The average Bonchev–Trinajstić information content (AvgIpc) is 3.28. The number of hydrogen-bond acceptors (Lipinski definition) is 5. The Hall–Kier alpha value is -2.44. The fourth-order valence-corrected chi connectivity index (χ4v) is 7.95. The Kier molecular flexibility index (Phi) is 48.6. The van der Waals surface area contributed by atoms with Gasteiger partial charge in [-0.05, 0) is 89.9 Å². The largest absolute Gasteiger partial charge is 0.462 e. The molecule has 0 rings (SSSR count). The van der Waals surface area contributed by atoms with Crippen LogP contribution >= 0.6 is 0 Å². The van der Waals surface area contributed by atoms with E-state index in [-0.39, 0.29) is 24.9 Å². The van der Waals surface area contributed by atoms with Gasteiger partial charge in [-0.1, -0.05) is 223 Å². The van der Waals surface area contributed by atoms with Crippen molar-refractivity contribution in [1.29, 1.82) is 0 Å². The Labute approximate surface area is 390 Å². The lowest BCUT2D eigenvalue weighted by Crippen LogP contribution is -2.46. The van der Waals surface area contributed by atoms with Gasteiger partial charge in [0.25, 0.3) is 0 Å². The van der Waals surface area contributed by atoms with Crippen LogP contribution in [0.5, 0.6) is 0 Å². The molecule has 0 aliphatic carbocycles. The quantitative estimate of drug-likeness (QED) is 0.0321. The topological polar surface area (TPSA) is 95.9 Å². The molecule has 0 saturated heterocycles. The molecule has 6 heteroatoms. The van der Waals surface area contributed by atoms with Crippen molar-refractivity contribution in [3.63, 3.8) is 0 Å². The Morgan fingerprint density at radius 2 is 0.810 bits per heavy atom. The average molecular weight is 882 g/mol. The van der Waals surface area contributed by atoms with E-state index < -0.39 is 18.2 Å². The fourth-order valence-electron chi connectivity index (χ4n) is 7.95. The van der Waals surface area contributed by atoms with Gasteiger partial charge in [0.05, 0.1) is 25.2 Å². The molecule has 0 bridgehead atoms. The second kappa shape index (κ2) is 50.6. The molecule has 366 valence electrons. The molecule has 0 aromatic rings. The standard InChI is InChI=1S/C57H103NO5/c1-4-7-10-13-16-19-22-24-26-28-30-32-34-37-40-43-46-49-55(60)54(52-59)58-56(61)51-53(48-45-42-39-36-21-18-15-12-9-6-3)63-57(62)50-47-44-41-38-35-33-31-29-27-25-23-20-17-14-11-8-5-2/h17-18,20-21,25,27,31,33,38,41,53-55,59-60H,4-16,19,22-24,26,28-30,32,34-37,39-40,42-52H2,1-3H3,(H,58,61)/b20-17-,21-18-,27-25-,33-31-,41-38-. The second-order valence-corrected chi connectivity index (χ2v) is 18.3. The number of amides is 1. The maximum Gasteiger partial charge on any atom is 0.306 e. The highest BCUT2D eigenvalue weighted by Gasteiger charge is 2.24. The molecule has 63 heavy (non-hydrogen) atoms. The zero-order chi connectivity index (χ0) is 45.9. The van der Waals surface area contributed by atoms with E-state index in [0.717, 1.165) is 77.0 Å². The Balaban J connectivity index is 4.54. The third-order valence-corrected chi connectivity index (χ3v) is 12.1. The zero-order valence-corrected chi connectivity index (χ0v) is 41.7. The number of allylic oxidation sites excluding steroid dienone is 10. The van der Waals surface area contributed by atoms with Crippen molar-refractivity contribution in [3.05, 3.63) is 60.8 Å². The zero-order valence-electron chi connectivity index (χ0n) is 41.7. The first kappa shape index (κ1) is 60.6. The monoisotopic (exact) mass is 882 g/mol. The van der Waals surface area contributed by atoms with E-state index in [4.69, 9.17) is 4.74 Å². The van der Waals surface area contributed by atoms with Gasteiger partial charge < -0.3 is 20.3 Å². The van der Waals surface area contributed by atoms with E-state index in [1.54, 1.807) is 0 Å². The van der Waals surface area contributed by atoms with Crippen molar-refractivity contribution >= 4 is 11.9 Å². The number of aliphatic hydroxyl groups is 2. The van der Waals surface area contributed by atoms with Crippen LogP contribution in [0.25, 0.3) is 0 Å².